The van der Waals surface area contributed by atoms with Crippen molar-refractivity contribution in [3.05, 3.63) is 29.8 Å². The number of ether oxygens (including phenoxy) is 2. The number of hydrogen-bond acceptors (Lipinski definition) is 3. The SMILES string of the molecule is CCOC1C(=O)CC1Oc1ccccc1CC. The lowest BCUT2D eigenvalue weighted by molar-refractivity contribution is -0.154. The minimum Gasteiger partial charge on any atom is -0.486 e. The topological polar surface area (TPSA) is 35.5 Å². The first-order valence-electron chi connectivity index (χ1n) is 6.15. The average molecular weight is 234 g/mol. The van der Waals surface area contributed by atoms with Gasteiger partial charge in [0.2, 0.25) is 0 Å². The second kappa shape index (κ2) is 5.32. The molecule has 2 atom stereocenters. The standard InChI is InChI=1S/C14H18O3/c1-3-10-7-5-6-8-12(10)17-13-9-11(15)14(13)16-4-2/h5-8,13-14H,3-4,9H2,1-2H3. The van der Waals surface area contributed by atoms with Gasteiger partial charge in [0.1, 0.15) is 11.9 Å². The summed E-state index contributed by atoms with van der Waals surface area (Å²) in [5, 5.41) is 0. The van der Waals surface area contributed by atoms with Gasteiger partial charge in [-0.25, -0.2) is 0 Å². The van der Waals surface area contributed by atoms with Crippen LogP contribution in [0.2, 0.25) is 0 Å². The van der Waals surface area contributed by atoms with E-state index in [1.54, 1.807) is 0 Å². The van der Waals surface area contributed by atoms with Gasteiger partial charge in [-0.15, -0.1) is 0 Å². The average Bonchev–Trinajstić information content (AvgIpc) is 2.36. The van der Waals surface area contributed by atoms with Gasteiger partial charge >= 0.3 is 0 Å². The second-order valence-electron chi connectivity index (χ2n) is 4.16. The van der Waals surface area contributed by atoms with Gasteiger partial charge in [-0.3, -0.25) is 4.79 Å². The zero-order chi connectivity index (χ0) is 12.3. The van der Waals surface area contributed by atoms with Crippen LogP contribution in [0.4, 0.5) is 0 Å². The number of carbonyl (C=O) groups is 1. The lowest BCUT2D eigenvalue weighted by Crippen LogP contribution is -2.52. The molecule has 1 aromatic carbocycles. The van der Waals surface area contributed by atoms with E-state index in [0.717, 1.165) is 12.2 Å². The largest absolute Gasteiger partial charge is 0.486 e. The van der Waals surface area contributed by atoms with Crippen molar-refractivity contribution < 1.29 is 14.3 Å². The fourth-order valence-electron chi connectivity index (χ4n) is 2.03. The van der Waals surface area contributed by atoms with Crippen molar-refractivity contribution in [2.75, 3.05) is 6.61 Å². The Morgan fingerprint density at radius 3 is 2.71 bits per heavy atom. The summed E-state index contributed by atoms with van der Waals surface area (Å²) < 4.78 is 11.2. The first-order chi connectivity index (χ1) is 8.26. The van der Waals surface area contributed by atoms with Crippen molar-refractivity contribution in [1.82, 2.24) is 0 Å². The van der Waals surface area contributed by atoms with Gasteiger partial charge in [0, 0.05) is 13.0 Å². The number of ketones is 1. The Morgan fingerprint density at radius 1 is 1.29 bits per heavy atom. The molecule has 0 heterocycles. The van der Waals surface area contributed by atoms with E-state index in [9.17, 15) is 4.79 Å². The molecule has 92 valence electrons. The van der Waals surface area contributed by atoms with Crippen molar-refractivity contribution >= 4 is 5.78 Å². The number of rotatable bonds is 5. The van der Waals surface area contributed by atoms with Gasteiger partial charge in [0.15, 0.2) is 11.9 Å². The lowest BCUT2D eigenvalue weighted by Gasteiger charge is -2.34. The van der Waals surface area contributed by atoms with Crippen LogP contribution in [-0.2, 0) is 16.0 Å². The quantitative estimate of drug-likeness (QED) is 0.784. The summed E-state index contributed by atoms with van der Waals surface area (Å²) in [6.07, 6.45) is 0.902. The van der Waals surface area contributed by atoms with Gasteiger partial charge in [-0.2, -0.15) is 0 Å². The Balaban J connectivity index is 2.03. The highest BCUT2D eigenvalue weighted by Gasteiger charge is 2.42. The third-order valence-corrected chi connectivity index (χ3v) is 3.04. The van der Waals surface area contributed by atoms with E-state index in [0.29, 0.717) is 13.0 Å². The predicted molar refractivity (Wildman–Crippen MR) is 65.3 cm³/mol. The first-order valence-corrected chi connectivity index (χ1v) is 6.15. The summed E-state index contributed by atoms with van der Waals surface area (Å²) in [7, 11) is 0. The maximum Gasteiger partial charge on any atom is 0.169 e. The summed E-state index contributed by atoms with van der Waals surface area (Å²) in [5.74, 6) is 1.02. The Hall–Kier alpha value is -1.35. The summed E-state index contributed by atoms with van der Waals surface area (Å²) in [6, 6.07) is 7.94. The van der Waals surface area contributed by atoms with E-state index in [2.05, 4.69) is 6.92 Å². The Labute approximate surface area is 102 Å². The first kappa shape index (κ1) is 12.1. The molecular weight excluding hydrogens is 216 g/mol. The Morgan fingerprint density at radius 2 is 2.06 bits per heavy atom. The molecule has 2 rings (SSSR count). The van der Waals surface area contributed by atoms with E-state index in [1.165, 1.54) is 5.56 Å². The summed E-state index contributed by atoms with van der Waals surface area (Å²) in [5.41, 5.74) is 1.17. The van der Waals surface area contributed by atoms with Crippen molar-refractivity contribution in [3.63, 3.8) is 0 Å². The van der Waals surface area contributed by atoms with E-state index in [1.807, 2.05) is 31.2 Å². The minimum atomic E-state index is -0.370. The van der Waals surface area contributed by atoms with E-state index >= 15 is 0 Å². The fourth-order valence-corrected chi connectivity index (χ4v) is 2.03. The van der Waals surface area contributed by atoms with Crippen molar-refractivity contribution in [2.45, 2.75) is 38.9 Å². The molecule has 0 aliphatic heterocycles. The van der Waals surface area contributed by atoms with E-state index in [4.69, 9.17) is 9.47 Å². The third-order valence-electron chi connectivity index (χ3n) is 3.04. The van der Waals surface area contributed by atoms with Crippen LogP contribution >= 0.6 is 0 Å². The summed E-state index contributed by atoms with van der Waals surface area (Å²) in [4.78, 5) is 11.4. The highest BCUT2D eigenvalue weighted by Crippen LogP contribution is 2.28. The molecule has 0 radical (unpaired) electrons. The van der Waals surface area contributed by atoms with E-state index < -0.39 is 0 Å². The van der Waals surface area contributed by atoms with Gasteiger partial charge in [-0.1, -0.05) is 25.1 Å². The number of benzene rings is 1. The fraction of sp³-hybridized carbons (Fsp3) is 0.500. The molecule has 0 spiro atoms. The number of hydrogen-bond donors (Lipinski definition) is 0. The molecule has 1 aliphatic carbocycles. The molecule has 0 amide bonds. The van der Waals surface area contributed by atoms with Crippen molar-refractivity contribution in [2.24, 2.45) is 0 Å². The molecule has 0 bridgehead atoms. The summed E-state index contributed by atoms with van der Waals surface area (Å²) in [6.45, 7) is 4.53. The monoisotopic (exact) mass is 234 g/mol. The van der Waals surface area contributed by atoms with Crippen molar-refractivity contribution in [1.29, 1.82) is 0 Å². The molecule has 1 fully saturated rings. The van der Waals surface area contributed by atoms with E-state index in [-0.39, 0.29) is 18.0 Å². The number of para-hydroxylation sites is 1. The highest BCUT2D eigenvalue weighted by molar-refractivity contribution is 5.90. The zero-order valence-electron chi connectivity index (χ0n) is 10.3. The molecule has 17 heavy (non-hydrogen) atoms. The molecule has 1 aliphatic rings. The third kappa shape index (κ3) is 2.50. The Bertz CT molecular complexity index is 400. The molecule has 0 N–H and O–H groups in total. The van der Waals surface area contributed by atoms with Crippen LogP contribution in [0.15, 0.2) is 24.3 Å². The van der Waals surface area contributed by atoms with Crippen LogP contribution in [-0.4, -0.2) is 24.6 Å². The molecule has 3 heteroatoms. The molecular formula is C14H18O3. The molecule has 3 nitrogen and oxygen atoms in total. The van der Waals surface area contributed by atoms with Crippen LogP contribution in [0.5, 0.6) is 5.75 Å². The number of carbonyl (C=O) groups excluding carboxylic acids is 1. The highest BCUT2D eigenvalue weighted by atomic mass is 16.5. The normalized spacial score (nSPS) is 23.3. The van der Waals surface area contributed by atoms with Crippen molar-refractivity contribution in [3.8, 4) is 5.75 Å². The van der Waals surface area contributed by atoms with Crippen LogP contribution in [0.1, 0.15) is 25.8 Å². The maximum atomic E-state index is 11.4. The number of Topliss-reactive ketones (excluding diaryl/α,β-unsaturated/α-hetero) is 1. The lowest BCUT2D eigenvalue weighted by atomic mass is 9.90. The van der Waals surface area contributed by atoms with Gasteiger partial charge in [0.05, 0.1) is 0 Å². The Kier molecular flexibility index (Phi) is 3.79. The van der Waals surface area contributed by atoms with Gasteiger partial charge in [-0.05, 0) is 25.0 Å². The molecule has 0 saturated heterocycles. The predicted octanol–water partition coefficient (Wildman–Crippen LogP) is 2.37. The van der Waals surface area contributed by atoms with Crippen LogP contribution in [0.25, 0.3) is 0 Å². The minimum absolute atomic E-state index is 0.116. The molecule has 2 unspecified atom stereocenters. The molecule has 0 aromatic heterocycles. The van der Waals surface area contributed by atoms with Crippen LogP contribution in [0.3, 0.4) is 0 Å². The second-order valence-corrected chi connectivity index (χ2v) is 4.16. The summed E-state index contributed by atoms with van der Waals surface area (Å²) >= 11 is 0. The van der Waals surface area contributed by atoms with Gasteiger partial charge < -0.3 is 9.47 Å². The van der Waals surface area contributed by atoms with Crippen LogP contribution in [0, 0.1) is 0 Å². The number of aryl methyl sites for hydroxylation is 1. The molecule has 1 aromatic rings. The van der Waals surface area contributed by atoms with Crippen LogP contribution < -0.4 is 4.74 Å². The zero-order valence-corrected chi connectivity index (χ0v) is 10.3. The van der Waals surface area contributed by atoms with Gasteiger partial charge in [0.25, 0.3) is 0 Å². The maximum absolute atomic E-state index is 11.4. The molecule has 1 saturated carbocycles. The smallest absolute Gasteiger partial charge is 0.169 e.